The van der Waals surface area contributed by atoms with E-state index in [1.54, 1.807) is 4.90 Å². The second kappa shape index (κ2) is 7.63. The van der Waals surface area contributed by atoms with Crippen LogP contribution in [-0.4, -0.2) is 77.7 Å². The van der Waals surface area contributed by atoms with E-state index in [2.05, 4.69) is 4.90 Å². The zero-order valence-electron chi connectivity index (χ0n) is 14.7. The minimum absolute atomic E-state index is 0.127. The topological polar surface area (TPSA) is 90.4 Å². The number of ether oxygens (including phenoxy) is 1. The highest BCUT2D eigenvalue weighted by atomic mass is 16.6. The molecule has 26 heavy (non-hydrogen) atoms. The van der Waals surface area contributed by atoms with Crippen molar-refractivity contribution in [3.63, 3.8) is 0 Å². The summed E-state index contributed by atoms with van der Waals surface area (Å²) in [4.78, 5) is 40.3. The molecular formula is C18H23N3O5. The van der Waals surface area contributed by atoms with E-state index in [4.69, 9.17) is 4.74 Å². The first kappa shape index (κ1) is 18.0. The number of rotatable bonds is 3. The third-order valence-corrected chi connectivity index (χ3v) is 4.88. The van der Waals surface area contributed by atoms with Gasteiger partial charge in [0.15, 0.2) is 0 Å². The Balaban J connectivity index is 1.52. The molecule has 0 aromatic heterocycles. The van der Waals surface area contributed by atoms with Crippen molar-refractivity contribution in [3.8, 4) is 0 Å². The predicted octanol–water partition coefficient (Wildman–Crippen LogP) is 1.02. The maximum absolute atomic E-state index is 12.4. The van der Waals surface area contributed by atoms with Crippen LogP contribution in [0.3, 0.4) is 0 Å². The molecule has 1 aromatic carbocycles. The highest BCUT2D eigenvalue weighted by molar-refractivity contribution is 5.83. The number of aliphatic carboxylic acids is 1. The molecule has 0 spiro atoms. The van der Waals surface area contributed by atoms with Crippen LogP contribution >= 0.6 is 0 Å². The molecule has 2 aliphatic rings. The molecule has 2 heterocycles. The van der Waals surface area contributed by atoms with Gasteiger partial charge in [-0.05, 0) is 12.1 Å². The van der Waals surface area contributed by atoms with E-state index >= 15 is 0 Å². The molecule has 0 unspecified atom stereocenters. The maximum atomic E-state index is 12.4. The van der Waals surface area contributed by atoms with E-state index in [9.17, 15) is 19.5 Å². The Hall–Kier alpha value is -2.77. The number of benzene rings is 1. The van der Waals surface area contributed by atoms with Gasteiger partial charge in [-0.1, -0.05) is 18.2 Å². The highest BCUT2D eigenvalue weighted by Gasteiger charge is 2.40. The van der Waals surface area contributed by atoms with Crippen LogP contribution in [0.15, 0.2) is 30.3 Å². The lowest BCUT2D eigenvalue weighted by molar-refractivity contribution is -0.147. The number of anilines is 1. The zero-order chi connectivity index (χ0) is 18.7. The van der Waals surface area contributed by atoms with Gasteiger partial charge in [-0.3, -0.25) is 4.79 Å². The first-order valence-corrected chi connectivity index (χ1v) is 8.71. The molecular weight excluding hydrogens is 338 g/mol. The molecule has 8 heteroatoms. The van der Waals surface area contributed by atoms with Crippen molar-refractivity contribution in [1.29, 1.82) is 0 Å². The SMILES string of the molecule is CC(=O)N1C[C@H](OC(=O)N2CCN(c3ccccc3)CC2)C[C@H]1C(=O)O. The van der Waals surface area contributed by atoms with Gasteiger partial charge in [0.05, 0.1) is 6.54 Å². The van der Waals surface area contributed by atoms with Crippen molar-refractivity contribution in [2.24, 2.45) is 0 Å². The largest absolute Gasteiger partial charge is 0.480 e. The number of carboxylic acids is 1. The fraction of sp³-hybridized carbons (Fsp3) is 0.500. The van der Waals surface area contributed by atoms with E-state index in [1.165, 1.54) is 11.8 Å². The summed E-state index contributed by atoms with van der Waals surface area (Å²) in [7, 11) is 0. The summed E-state index contributed by atoms with van der Waals surface area (Å²) < 4.78 is 5.46. The van der Waals surface area contributed by atoms with Crippen molar-refractivity contribution in [3.05, 3.63) is 30.3 Å². The average Bonchev–Trinajstić information content (AvgIpc) is 3.07. The van der Waals surface area contributed by atoms with Crippen LogP contribution in [0.25, 0.3) is 0 Å². The number of hydrogen-bond donors (Lipinski definition) is 1. The van der Waals surface area contributed by atoms with Gasteiger partial charge in [-0.25, -0.2) is 9.59 Å². The third kappa shape index (κ3) is 3.89. The Morgan fingerprint density at radius 3 is 2.27 bits per heavy atom. The van der Waals surface area contributed by atoms with Crippen molar-refractivity contribution in [2.75, 3.05) is 37.6 Å². The lowest BCUT2D eigenvalue weighted by Crippen LogP contribution is -2.49. The van der Waals surface area contributed by atoms with Gasteiger partial charge in [-0.2, -0.15) is 0 Å². The van der Waals surface area contributed by atoms with Crippen LogP contribution in [0.5, 0.6) is 0 Å². The molecule has 1 N–H and O–H groups in total. The predicted molar refractivity (Wildman–Crippen MR) is 93.9 cm³/mol. The van der Waals surface area contributed by atoms with E-state index in [1.807, 2.05) is 30.3 Å². The van der Waals surface area contributed by atoms with E-state index < -0.39 is 24.2 Å². The van der Waals surface area contributed by atoms with E-state index in [0.717, 1.165) is 5.69 Å². The highest BCUT2D eigenvalue weighted by Crippen LogP contribution is 2.22. The Kier molecular flexibility index (Phi) is 5.29. The van der Waals surface area contributed by atoms with Crippen molar-refractivity contribution >= 4 is 23.7 Å². The molecule has 2 amide bonds. The summed E-state index contributed by atoms with van der Waals surface area (Å²) in [6.45, 7) is 3.95. The summed E-state index contributed by atoms with van der Waals surface area (Å²) in [5.41, 5.74) is 1.12. The van der Waals surface area contributed by atoms with Crippen LogP contribution in [-0.2, 0) is 14.3 Å². The minimum Gasteiger partial charge on any atom is -0.480 e. The number of piperazine rings is 1. The first-order valence-electron chi connectivity index (χ1n) is 8.71. The molecule has 0 saturated carbocycles. The second-order valence-electron chi connectivity index (χ2n) is 6.58. The monoisotopic (exact) mass is 361 g/mol. The van der Waals surface area contributed by atoms with E-state index in [-0.39, 0.29) is 18.9 Å². The van der Waals surface area contributed by atoms with Gasteiger partial charge >= 0.3 is 12.1 Å². The fourth-order valence-corrected chi connectivity index (χ4v) is 3.47. The molecule has 1 aromatic rings. The number of carboxylic acid groups (broad SMARTS) is 1. The van der Waals surface area contributed by atoms with Crippen LogP contribution in [0.4, 0.5) is 10.5 Å². The normalized spacial score (nSPS) is 23.0. The molecule has 0 radical (unpaired) electrons. The van der Waals surface area contributed by atoms with Gasteiger partial charge in [-0.15, -0.1) is 0 Å². The summed E-state index contributed by atoms with van der Waals surface area (Å²) >= 11 is 0. The fourth-order valence-electron chi connectivity index (χ4n) is 3.47. The first-order chi connectivity index (χ1) is 12.5. The number of hydrogen-bond acceptors (Lipinski definition) is 5. The molecule has 3 rings (SSSR count). The number of nitrogens with zero attached hydrogens (tertiary/aromatic N) is 3. The van der Waals surface area contributed by atoms with Crippen LogP contribution in [0, 0.1) is 0 Å². The quantitative estimate of drug-likeness (QED) is 0.864. The number of carbonyl (C=O) groups is 3. The van der Waals surface area contributed by atoms with E-state index in [0.29, 0.717) is 26.2 Å². The molecule has 2 atom stereocenters. The van der Waals surface area contributed by atoms with Crippen molar-refractivity contribution < 1.29 is 24.2 Å². The smallest absolute Gasteiger partial charge is 0.410 e. The lowest BCUT2D eigenvalue weighted by atomic mass is 10.2. The Labute approximate surface area is 151 Å². The Bertz CT molecular complexity index is 651. The minimum atomic E-state index is -1.07. The maximum Gasteiger partial charge on any atom is 0.410 e. The molecule has 8 nitrogen and oxygen atoms in total. The number of likely N-dealkylation sites (tertiary alicyclic amines) is 1. The third-order valence-electron chi connectivity index (χ3n) is 4.88. The molecule has 2 fully saturated rings. The van der Waals surface area contributed by atoms with Crippen molar-refractivity contribution in [1.82, 2.24) is 9.80 Å². The van der Waals surface area contributed by atoms with Gasteiger partial charge in [0.2, 0.25) is 5.91 Å². The molecule has 0 aliphatic carbocycles. The Morgan fingerprint density at radius 1 is 1.08 bits per heavy atom. The number of amides is 2. The molecule has 0 bridgehead atoms. The summed E-state index contributed by atoms with van der Waals surface area (Å²) in [6.07, 6.45) is -0.901. The summed E-state index contributed by atoms with van der Waals surface area (Å²) in [6, 6.07) is 9.07. The number of carbonyl (C=O) groups excluding carboxylic acids is 2. The Morgan fingerprint density at radius 2 is 1.73 bits per heavy atom. The van der Waals surface area contributed by atoms with Gasteiger partial charge in [0, 0.05) is 45.2 Å². The standard InChI is InChI=1S/C18H23N3O5/c1-13(22)21-12-15(11-16(21)17(23)24)26-18(25)20-9-7-19(8-10-20)14-5-3-2-4-6-14/h2-6,15-16H,7-12H2,1H3,(H,23,24)/t15-,16+/m1/s1. The summed E-state index contributed by atoms with van der Waals surface area (Å²) in [5.74, 6) is -1.40. The molecule has 2 aliphatic heterocycles. The van der Waals surface area contributed by atoms with Gasteiger partial charge < -0.3 is 24.5 Å². The van der Waals surface area contributed by atoms with Crippen LogP contribution < -0.4 is 4.90 Å². The van der Waals surface area contributed by atoms with Gasteiger partial charge in [0.1, 0.15) is 12.1 Å². The van der Waals surface area contributed by atoms with Crippen LogP contribution in [0.2, 0.25) is 0 Å². The average molecular weight is 361 g/mol. The van der Waals surface area contributed by atoms with Crippen LogP contribution in [0.1, 0.15) is 13.3 Å². The summed E-state index contributed by atoms with van der Waals surface area (Å²) in [5, 5.41) is 9.22. The number of para-hydroxylation sites is 1. The van der Waals surface area contributed by atoms with Crippen molar-refractivity contribution in [2.45, 2.75) is 25.5 Å². The van der Waals surface area contributed by atoms with Gasteiger partial charge in [0.25, 0.3) is 0 Å². The lowest BCUT2D eigenvalue weighted by Gasteiger charge is -2.35. The molecule has 140 valence electrons. The second-order valence-corrected chi connectivity index (χ2v) is 6.58. The zero-order valence-corrected chi connectivity index (χ0v) is 14.7. The molecule has 2 saturated heterocycles.